The molecule has 1 heterocycles. The van der Waals surface area contributed by atoms with E-state index in [-0.39, 0.29) is 18.2 Å². The summed E-state index contributed by atoms with van der Waals surface area (Å²) in [4.78, 5) is 11.9. The van der Waals surface area contributed by atoms with E-state index >= 15 is 0 Å². The number of carbonyl (C=O) groups excluding carboxylic acids is 1. The number of phenolic OH excluding ortho intramolecular Hbond substituents is 1. The number of aromatic hydroxyl groups is 1. The molecule has 0 aliphatic heterocycles. The van der Waals surface area contributed by atoms with Crippen LogP contribution < -0.4 is 5.43 Å². The van der Waals surface area contributed by atoms with Crippen LogP contribution in [0.5, 0.6) is 5.75 Å². The second-order valence-electron chi connectivity index (χ2n) is 4.73. The van der Waals surface area contributed by atoms with Crippen LogP contribution in [0.1, 0.15) is 5.56 Å². The zero-order valence-electron chi connectivity index (χ0n) is 11.8. The minimum absolute atomic E-state index is 0.00230. The van der Waals surface area contributed by atoms with Crippen molar-refractivity contribution >= 4 is 39.1 Å². The number of hydrogen-bond acceptors (Lipinski definition) is 5. The fourth-order valence-electron chi connectivity index (χ4n) is 2.01. The van der Waals surface area contributed by atoms with E-state index in [1.165, 1.54) is 17.0 Å². The van der Waals surface area contributed by atoms with E-state index in [1.807, 2.05) is 24.3 Å². The molecule has 23 heavy (non-hydrogen) atoms. The largest absolute Gasteiger partial charge is 0.507 e. The molecule has 0 aliphatic rings. The van der Waals surface area contributed by atoms with E-state index in [2.05, 4.69) is 36.8 Å². The number of aromatic nitrogens is 3. The van der Waals surface area contributed by atoms with Crippen LogP contribution in [-0.2, 0) is 11.3 Å². The van der Waals surface area contributed by atoms with Crippen molar-refractivity contribution in [2.45, 2.75) is 6.54 Å². The molecule has 1 amide bonds. The predicted molar refractivity (Wildman–Crippen MR) is 89.1 cm³/mol. The van der Waals surface area contributed by atoms with Crippen molar-refractivity contribution in [3.05, 3.63) is 52.5 Å². The summed E-state index contributed by atoms with van der Waals surface area (Å²) in [5.41, 5.74) is 4.39. The Morgan fingerprint density at radius 3 is 3.04 bits per heavy atom. The average Bonchev–Trinajstić information content (AvgIpc) is 2.94. The summed E-state index contributed by atoms with van der Waals surface area (Å²) in [6.07, 6.45) is 1.37. The summed E-state index contributed by atoms with van der Waals surface area (Å²) in [7, 11) is 0. The lowest BCUT2D eigenvalue weighted by atomic mass is 10.2. The highest BCUT2D eigenvalue weighted by Crippen LogP contribution is 2.19. The molecule has 0 fully saturated rings. The Morgan fingerprint density at radius 1 is 1.35 bits per heavy atom. The van der Waals surface area contributed by atoms with Crippen LogP contribution in [0.4, 0.5) is 0 Å². The van der Waals surface area contributed by atoms with Gasteiger partial charge in [0, 0.05) is 10.0 Å². The Labute approximate surface area is 139 Å². The third kappa shape index (κ3) is 3.54. The number of nitrogens with zero attached hydrogens (tertiary/aromatic N) is 4. The Balaban J connectivity index is 1.66. The lowest BCUT2D eigenvalue weighted by Crippen LogP contribution is -2.23. The van der Waals surface area contributed by atoms with E-state index < -0.39 is 0 Å². The van der Waals surface area contributed by atoms with Gasteiger partial charge in [0.25, 0.3) is 5.91 Å². The Kier molecular flexibility index (Phi) is 4.33. The van der Waals surface area contributed by atoms with Gasteiger partial charge in [0.05, 0.1) is 11.7 Å². The van der Waals surface area contributed by atoms with Gasteiger partial charge in [-0.15, -0.1) is 5.10 Å². The molecular formula is C15H12BrN5O2. The van der Waals surface area contributed by atoms with Gasteiger partial charge in [0.15, 0.2) is 0 Å². The first kappa shape index (κ1) is 15.2. The predicted octanol–water partition coefficient (Wildman–Crippen LogP) is 2.05. The highest BCUT2D eigenvalue weighted by molar-refractivity contribution is 9.10. The third-order valence-electron chi connectivity index (χ3n) is 3.10. The van der Waals surface area contributed by atoms with E-state index in [9.17, 15) is 9.90 Å². The summed E-state index contributed by atoms with van der Waals surface area (Å²) < 4.78 is 2.30. The molecule has 2 N–H and O–H groups in total. The van der Waals surface area contributed by atoms with Gasteiger partial charge >= 0.3 is 0 Å². The number of carbonyl (C=O) groups is 1. The molecule has 3 aromatic rings. The molecule has 1 aromatic heterocycles. The van der Waals surface area contributed by atoms with Gasteiger partial charge in [-0.25, -0.2) is 10.1 Å². The van der Waals surface area contributed by atoms with E-state index in [0.29, 0.717) is 5.56 Å². The van der Waals surface area contributed by atoms with Gasteiger partial charge in [-0.05, 0) is 30.3 Å². The van der Waals surface area contributed by atoms with Gasteiger partial charge in [-0.3, -0.25) is 4.79 Å². The lowest BCUT2D eigenvalue weighted by molar-refractivity contribution is -0.121. The zero-order valence-corrected chi connectivity index (χ0v) is 13.4. The van der Waals surface area contributed by atoms with Crippen LogP contribution >= 0.6 is 15.9 Å². The summed E-state index contributed by atoms with van der Waals surface area (Å²) in [5, 5.41) is 21.4. The number of phenols is 1. The molecule has 0 radical (unpaired) electrons. The number of nitrogens with one attached hydrogen (secondary N) is 1. The number of benzene rings is 2. The normalized spacial score (nSPS) is 11.2. The number of hydrazone groups is 1. The third-order valence-corrected chi connectivity index (χ3v) is 3.59. The van der Waals surface area contributed by atoms with Crippen molar-refractivity contribution in [1.29, 1.82) is 0 Å². The van der Waals surface area contributed by atoms with Crippen molar-refractivity contribution in [2.24, 2.45) is 5.10 Å². The monoisotopic (exact) mass is 373 g/mol. The van der Waals surface area contributed by atoms with Gasteiger partial charge in [-0.1, -0.05) is 33.3 Å². The number of hydrogen-bond donors (Lipinski definition) is 2. The standard InChI is InChI=1S/C15H12BrN5O2/c16-11-5-6-14(22)10(7-11)8-17-19-15(23)9-21-13-4-2-1-3-12(13)18-20-21/h1-8,22H,9H2,(H,19,23). The summed E-state index contributed by atoms with van der Waals surface area (Å²) in [6.45, 7) is 0.00230. The molecule has 116 valence electrons. The Bertz CT molecular complexity index is 890. The van der Waals surface area contributed by atoms with Crippen molar-refractivity contribution in [1.82, 2.24) is 20.4 Å². The number of rotatable bonds is 4. The van der Waals surface area contributed by atoms with Crippen molar-refractivity contribution in [3.63, 3.8) is 0 Å². The summed E-state index contributed by atoms with van der Waals surface area (Å²) in [5.74, 6) is -0.264. The molecule has 7 nitrogen and oxygen atoms in total. The lowest BCUT2D eigenvalue weighted by Gasteiger charge is -2.02. The molecule has 0 saturated carbocycles. The van der Waals surface area contributed by atoms with Gasteiger partial charge < -0.3 is 5.11 Å². The van der Waals surface area contributed by atoms with E-state index in [1.54, 1.807) is 12.1 Å². The van der Waals surface area contributed by atoms with Crippen LogP contribution in [0.25, 0.3) is 11.0 Å². The second kappa shape index (κ2) is 6.57. The number of halogens is 1. The molecular weight excluding hydrogens is 362 g/mol. The average molecular weight is 374 g/mol. The SMILES string of the molecule is O=C(Cn1nnc2ccccc21)NN=Cc1cc(Br)ccc1O. The highest BCUT2D eigenvalue weighted by Gasteiger charge is 2.07. The number of para-hydroxylation sites is 1. The smallest absolute Gasteiger partial charge is 0.261 e. The first-order chi connectivity index (χ1) is 11.1. The highest BCUT2D eigenvalue weighted by atomic mass is 79.9. The summed E-state index contributed by atoms with van der Waals surface area (Å²) >= 11 is 3.30. The minimum Gasteiger partial charge on any atom is -0.507 e. The van der Waals surface area contributed by atoms with Gasteiger partial charge in [0.1, 0.15) is 17.8 Å². The number of amides is 1. The quantitative estimate of drug-likeness (QED) is 0.540. The summed E-state index contributed by atoms with van der Waals surface area (Å²) in [6, 6.07) is 12.3. The van der Waals surface area contributed by atoms with Crippen molar-refractivity contribution in [2.75, 3.05) is 0 Å². The molecule has 3 rings (SSSR count). The Morgan fingerprint density at radius 2 is 2.17 bits per heavy atom. The molecule has 0 atom stereocenters. The van der Waals surface area contributed by atoms with E-state index in [0.717, 1.165) is 15.5 Å². The topological polar surface area (TPSA) is 92.4 Å². The molecule has 0 spiro atoms. The number of fused-ring (bicyclic) bond motifs is 1. The van der Waals surface area contributed by atoms with Crippen molar-refractivity contribution in [3.8, 4) is 5.75 Å². The van der Waals surface area contributed by atoms with Crippen LogP contribution in [0.15, 0.2) is 52.0 Å². The van der Waals surface area contributed by atoms with Crippen LogP contribution in [-0.4, -0.2) is 32.2 Å². The molecule has 2 aromatic carbocycles. The second-order valence-corrected chi connectivity index (χ2v) is 5.65. The zero-order chi connectivity index (χ0) is 16.2. The van der Waals surface area contributed by atoms with Crippen LogP contribution in [0.2, 0.25) is 0 Å². The maximum Gasteiger partial charge on any atom is 0.261 e. The Hall–Kier alpha value is -2.74. The fraction of sp³-hybridized carbons (Fsp3) is 0.0667. The van der Waals surface area contributed by atoms with Crippen LogP contribution in [0.3, 0.4) is 0 Å². The molecule has 0 aliphatic carbocycles. The maximum atomic E-state index is 11.9. The first-order valence-corrected chi connectivity index (χ1v) is 7.51. The maximum absolute atomic E-state index is 11.9. The van der Waals surface area contributed by atoms with Gasteiger partial charge in [-0.2, -0.15) is 5.10 Å². The molecule has 8 heteroatoms. The first-order valence-electron chi connectivity index (χ1n) is 6.72. The fourth-order valence-corrected chi connectivity index (χ4v) is 2.39. The minimum atomic E-state index is -0.341. The molecule has 0 unspecified atom stereocenters. The molecule has 0 saturated heterocycles. The molecule has 0 bridgehead atoms. The van der Waals surface area contributed by atoms with E-state index in [4.69, 9.17) is 0 Å². The van der Waals surface area contributed by atoms with Crippen molar-refractivity contribution < 1.29 is 9.90 Å². The van der Waals surface area contributed by atoms with Crippen LogP contribution in [0, 0.1) is 0 Å². The van der Waals surface area contributed by atoms with Gasteiger partial charge in [0.2, 0.25) is 0 Å².